The Bertz CT molecular complexity index is 987. The first-order valence-corrected chi connectivity index (χ1v) is 7.72. The standard InChI is InChI=1S/C19H18N2O4/c1-24-16-8-6-15(7-9-16)21-11-10-20(18(22)19(21)23)13-14-4-3-5-17(12-14)25-2/h3-12H,13H2,1-2H3. The van der Waals surface area contributed by atoms with Crippen LogP contribution in [-0.2, 0) is 6.54 Å². The smallest absolute Gasteiger partial charge is 0.320 e. The Kier molecular flexibility index (Phi) is 4.70. The molecule has 0 unspecified atom stereocenters. The molecule has 3 rings (SSSR count). The van der Waals surface area contributed by atoms with E-state index in [1.165, 1.54) is 9.13 Å². The van der Waals surface area contributed by atoms with Crippen molar-refractivity contribution in [2.45, 2.75) is 6.54 Å². The molecule has 0 aliphatic carbocycles. The van der Waals surface area contributed by atoms with Crippen molar-refractivity contribution in [3.05, 3.63) is 87.2 Å². The van der Waals surface area contributed by atoms with Crippen molar-refractivity contribution in [3.8, 4) is 17.2 Å². The van der Waals surface area contributed by atoms with Crippen LogP contribution in [-0.4, -0.2) is 23.4 Å². The summed E-state index contributed by atoms with van der Waals surface area (Å²) in [5, 5.41) is 0. The summed E-state index contributed by atoms with van der Waals surface area (Å²) in [6.07, 6.45) is 3.19. The molecule has 0 aliphatic rings. The zero-order valence-corrected chi connectivity index (χ0v) is 14.0. The van der Waals surface area contributed by atoms with Crippen LogP contribution in [0.5, 0.6) is 11.5 Å². The molecule has 128 valence electrons. The molecule has 25 heavy (non-hydrogen) atoms. The number of aromatic nitrogens is 2. The minimum absolute atomic E-state index is 0.300. The number of hydrogen-bond acceptors (Lipinski definition) is 4. The molecule has 0 spiro atoms. The average molecular weight is 338 g/mol. The number of nitrogens with zero attached hydrogens (tertiary/aromatic N) is 2. The Labute approximate surface area is 144 Å². The summed E-state index contributed by atoms with van der Waals surface area (Å²) in [6.45, 7) is 0.300. The van der Waals surface area contributed by atoms with Gasteiger partial charge in [0.15, 0.2) is 0 Å². The molecular weight excluding hydrogens is 320 g/mol. The maximum Gasteiger partial charge on any atom is 0.320 e. The lowest BCUT2D eigenvalue weighted by molar-refractivity contribution is 0.414. The van der Waals surface area contributed by atoms with Gasteiger partial charge in [0.1, 0.15) is 11.5 Å². The third-order valence-electron chi connectivity index (χ3n) is 3.90. The van der Waals surface area contributed by atoms with Crippen LogP contribution in [0.15, 0.2) is 70.5 Å². The summed E-state index contributed by atoms with van der Waals surface area (Å²) in [7, 11) is 3.16. The molecule has 3 aromatic rings. The Hall–Kier alpha value is -3.28. The topological polar surface area (TPSA) is 62.5 Å². The Morgan fingerprint density at radius 2 is 1.56 bits per heavy atom. The molecule has 0 saturated heterocycles. The Balaban J connectivity index is 1.94. The fourth-order valence-corrected chi connectivity index (χ4v) is 2.55. The lowest BCUT2D eigenvalue weighted by Gasteiger charge is -2.10. The predicted octanol–water partition coefficient (Wildman–Crippen LogP) is 2.06. The van der Waals surface area contributed by atoms with Gasteiger partial charge in [-0.15, -0.1) is 0 Å². The molecule has 6 heteroatoms. The van der Waals surface area contributed by atoms with Gasteiger partial charge in [0, 0.05) is 18.1 Å². The van der Waals surface area contributed by atoms with E-state index in [2.05, 4.69) is 0 Å². The highest BCUT2D eigenvalue weighted by molar-refractivity contribution is 5.37. The molecule has 1 heterocycles. The third-order valence-corrected chi connectivity index (χ3v) is 3.90. The van der Waals surface area contributed by atoms with Gasteiger partial charge in [0.2, 0.25) is 0 Å². The normalized spacial score (nSPS) is 10.5. The highest BCUT2D eigenvalue weighted by Gasteiger charge is 2.08. The van der Waals surface area contributed by atoms with Gasteiger partial charge < -0.3 is 14.0 Å². The largest absolute Gasteiger partial charge is 0.497 e. The molecule has 0 bridgehead atoms. The van der Waals surface area contributed by atoms with Crippen LogP contribution in [0.4, 0.5) is 0 Å². The molecule has 0 saturated carbocycles. The summed E-state index contributed by atoms with van der Waals surface area (Å²) >= 11 is 0. The SMILES string of the molecule is COc1ccc(-n2ccn(Cc3cccc(OC)c3)c(=O)c2=O)cc1. The van der Waals surface area contributed by atoms with Crippen LogP contribution in [0.25, 0.3) is 5.69 Å². The number of hydrogen-bond donors (Lipinski definition) is 0. The van der Waals surface area contributed by atoms with E-state index >= 15 is 0 Å². The zero-order valence-electron chi connectivity index (χ0n) is 14.0. The lowest BCUT2D eigenvalue weighted by atomic mass is 10.2. The first kappa shape index (κ1) is 16.6. The fraction of sp³-hybridized carbons (Fsp3) is 0.158. The minimum atomic E-state index is -0.601. The van der Waals surface area contributed by atoms with Crippen molar-refractivity contribution >= 4 is 0 Å². The van der Waals surface area contributed by atoms with Crippen molar-refractivity contribution in [1.29, 1.82) is 0 Å². The summed E-state index contributed by atoms with van der Waals surface area (Å²) < 4.78 is 13.0. The van der Waals surface area contributed by atoms with Crippen molar-refractivity contribution in [2.24, 2.45) is 0 Å². The highest BCUT2D eigenvalue weighted by Crippen LogP contribution is 2.14. The van der Waals surface area contributed by atoms with E-state index in [0.717, 1.165) is 5.56 Å². The molecule has 1 aromatic heterocycles. The number of methoxy groups -OCH3 is 2. The van der Waals surface area contributed by atoms with E-state index in [9.17, 15) is 9.59 Å². The number of benzene rings is 2. The van der Waals surface area contributed by atoms with Crippen molar-refractivity contribution in [3.63, 3.8) is 0 Å². The number of ether oxygens (including phenoxy) is 2. The van der Waals surface area contributed by atoms with Crippen LogP contribution in [0.3, 0.4) is 0 Å². The van der Waals surface area contributed by atoms with Crippen LogP contribution in [0, 0.1) is 0 Å². The second-order valence-corrected chi connectivity index (χ2v) is 5.46. The summed E-state index contributed by atoms with van der Waals surface area (Å²) in [6, 6.07) is 14.3. The van der Waals surface area contributed by atoms with Gasteiger partial charge in [-0.25, -0.2) is 0 Å². The molecule has 0 N–H and O–H groups in total. The molecule has 0 aliphatic heterocycles. The first-order chi connectivity index (χ1) is 12.1. The predicted molar refractivity (Wildman–Crippen MR) is 94.9 cm³/mol. The molecule has 6 nitrogen and oxygen atoms in total. The van der Waals surface area contributed by atoms with Gasteiger partial charge >= 0.3 is 11.1 Å². The van der Waals surface area contributed by atoms with Crippen LogP contribution < -0.4 is 20.6 Å². The minimum Gasteiger partial charge on any atom is -0.497 e. The van der Waals surface area contributed by atoms with E-state index in [0.29, 0.717) is 23.7 Å². The van der Waals surface area contributed by atoms with Gasteiger partial charge in [-0.05, 0) is 42.0 Å². The number of rotatable bonds is 5. The van der Waals surface area contributed by atoms with E-state index < -0.39 is 11.1 Å². The van der Waals surface area contributed by atoms with E-state index in [1.54, 1.807) is 50.9 Å². The van der Waals surface area contributed by atoms with Crippen LogP contribution in [0.1, 0.15) is 5.56 Å². The molecule has 2 aromatic carbocycles. The van der Waals surface area contributed by atoms with Gasteiger partial charge in [0.05, 0.1) is 20.8 Å². The maximum atomic E-state index is 12.4. The van der Waals surface area contributed by atoms with Gasteiger partial charge in [0.25, 0.3) is 0 Å². The van der Waals surface area contributed by atoms with Gasteiger partial charge in [-0.2, -0.15) is 0 Å². The first-order valence-electron chi connectivity index (χ1n) is 7.72. The monoisotopic (exact) mass is 338 g/mol. The molecule has 0 radical (unpaired) electrons. The Morgan fingerprint density at radius 1 is 0.840 bits per heavy atom. The fourth-order valence-electron chi connectivity index (χ4n) is 2.55. The summed E-state index contributed by atoms with van der Waals surface area (Å²) in [4.78, 5) is 24.8. The molecular formula is C19H18N2O4. The Morgan fingerprint density at radius 3 is 2.24 bits per heavy atom. The summed E-state index contributed by atoms with van der Waals surface area (Å²) in [5.41, 5.74) is 0.302. The van der Waals surface area contributed by atoms with Crippen LogP contribution in [0.2, 0.25) is 0 Å². The van der Waals surface area contributed by atoms with Crippen molar-refractivity contribution in [1.82, 2.24) is 9.13 Å². The third kappa shape index (κ3) is 3.47. The summed E-state index contributed by atoms with van der Waals surface area (Å²) in [5.74, 6) is 1.39. The maximum absolute atomic E-state index is 12.4. The molecule has 0 atom stereocenters. The van der Waals surface area contributed by atoms with Crippen LogP contribution >= 0.6 is 0 Å². The van der Waals surface area contributed by atoms with Gasteiger partial charge in [-0.1, -0.05) is 12.1 Å². The second-order valence-electron chi connectivity index (χ2n) is 5.46. The quantitative estimate of drug-likeness (QED) is 0.668. The van der Waals surface area contributed by atoms with E-state index in [4.69, 9.17) is 9.47 Å². The lowest BCUT2D eigenvalue weighted by Crippen LogP contribution is -2.40. The molecule has 0 amide bonds. The van der Waals surface area contributed by atoms with Gasteiger partial charge in [-0.3, -0.25) is 14.2 Å². The highest BCUT2D eigenvalue weighted by atomic mass is 16.5. The van der Waals surface area contributed by atoms with E-state index in [-0.39, 0.29) is 0 Å². The van der Waals surface area contributed by atoms with Crippen molar-refractivity contribution < 1.29 is 9.47 Å². The van der Waals surface area contributed by atoms with E-state index in [1.807, 2.05) is 24.3 Å². The second kappa shape index (κ2) is 7.09. The van der Waals surface area contributed by atoms with Crippen molar-refractivity contribution in [2.75, 3.05) is 14.2 Å². The average Bonchev–Trinajstić information content (AvgIpc) is 2.66. The zero-order chi connectivity index (χ0) is 17.8. The molecule has 0 fully saturated rings.